The zero-order valence-electron chi connectivity index (χ0n) is 37.1. The SMILES string of the molecule is COC(=O)C(C)c1n[nH]c2ccccc2c1=O.COC(=O)C(C)c1nn(Cc2cn3cc(OCC4CC4)c(Cl)cc3n2)c2ccccc2c1=O.ClCc1cn2cc(OCC3CC3)c(Cl)cc2n1. The number of nitrogens with zero attached hydrogens (tertiary/aromatic N) is 7. The molecular formula is C48H47Cl3N8O8. The standard InChI is InChI=1S/C24H23ClN4O4.C12H12Cl2N2O.C12H12N2O3/c1-14(24(31)32-2)22-23(30)17-5-3-4-6-19(17)29(27-22)11-16-10-28-12-20(33-13-15-7-8-15)18(25)9-21(28)26-16;13-4-9-5-16-6-11(17-7-8-1-2-8)10(14)3-12(16)15-9;1-7(12(16)17-2)10-11(15)8-5-3-4-6-9(8)13-14-10/h3-6,9-10,12,14-15H,7-8,11,13H2,1-2H3;3,5-6,8H,1-2,4,7H2;3-7H,1-2H3,(H,13,15). The number of carbonyl (C=O) groups is 2. The van der Waals surface area contributed by atoms with Gasteiger partial charge in [-0.15, -0.1) is 11.6 Å². The van der Waals surface area contributed by atoms with E-state index in [9.17, 15) is 19.2 Å². The molecule has 2 aliphatic rings. The smallest absolute Gasteiger partial charge is 0.314 e. The van der Waals surface area contributed by atoms with Crippen LogP contribution in [0.4, 0.5) is 0 Å². The molecule has 19 heteroatoms. The Morgan fingerprint density at radius 1 is 0.716 bits per heavy atom. The van der Waals surface area contributed by atoms with E-state index >= 15 is 0 Å². The summed E-state index contributed by atoms with van der Waals surface area (Å²) in [5.74, 6) is 0.626. The van der Waals surface area contributed by atoms with Gasteiger partial charge in [0.15, 0.2) is 11.5 Å². The van der Waals surface area contributed by atoms with Crippen molar-refractivity contribution in [2.24, 2.45) is 11.8 Å². The van der Waals surface area contributed by atoms with E-state index in [0.717, 1.165) is 23.6 Å². The molecule has 2 saturated carbocycles. The summed E-state index contributed by atoms with van der Waals surface area (Å²) in [5.41, 5.74) is 4.15. The lowest BCUT2D eigenvalue weighted by molar-refractivity contribution is -0.143. The van der Waals surface area contributed by atoms with Crippen LogP contribution in [0.3, 0.4) is 0 Å². The third kappa shape index (κ3) is 10.9. The number of hydrogen-bond donors (Lipinski definition) is 1. The van der Waals surface area contributed by atoms with Gasteiger partial charge in [0.1, 0.15) is 34.5 Å². The van der Waals surface area contributed by atoms with Crippen LogP contribution in [0.15, 0.2) is 95.0 Å². The summed E-state index contributed by atoms with van der Waals surface area (Å²) >= 11 is 18.3. The topological polar surface area (TPSA) is 186 Å². The number of esters is 2. The Balaban J connectivity index is 0.000000150. The number of carbonyl (C=O) groups excluding carboxylic acids is 2. The monoisotopic (exact) mass is 968 g/mol. The van der Waals surface area contributed by atoms with Crippen LogP contribution in [0, 0.1) is 11.8 Å². The van der Waals surface area contributed by atoms with Gasteiger partial charge in [0.25, 0.3) is 0 Å². The zero-order valence-corrected chi connectivity index (χ0v) is 39.3. The van der Waals surface area contributed by atoms with E-state index in [1.807, 2.05) is 51.8 Å². The van der Waals surface area contributed by atoms with E-state index in [4.69, 9.17) is 49.0 Å². The van der Waals surface area contributed by atoms with Gasteiger partial charge >= 0.3 is 11.9 Å². The summed E-state index contributed by atoms with van der Waals surface area (Å²) in [6.07, 6.45) is 12.4. The van der Waals surface area contributed by atoms with Gasteiger partial charge < -0.3 is 27.7 Å². The van der Waals surface area contributed by atoms with Gasteiger partial charge in [0.05, 0.1) is 84.7 Å². The number of fused-ring (bicyclic) bond motifs is 4. The molecule has 0 bridgehead atoms. The highest BCUT2D eigenvalue weighted by molar-refractivity contribution is 6.32. The Bertz CT molecular complexity index is 3230. The molecule has 2 fully saturated rings. The number of para-hydroxylation sites is 2. The Kier molecular flexibility index (Phi) is 14.4. The third-order valence-corrected chi connectivity index (χ3v) is 12.3. The fourth-order valence-electron chi connectivity index (χ4n) is 7.20. The zero-order chi connectivity index (χ0) is 47.4. The van der Waals surface area contributed by atoms with Crippen molar-refractivity contribution >= 4 is 79.8 Å². The third-order valence-electron chi connectivity index (χ3n) is 11.4. The highest BCUT2D eigenvalue weighted by atomic mass is 35.5. The minimum absolute atomic E-state index is 0.142. The highest BCUT2D eigenvalue weighted by Crippen LogP contribution is 2.33. The van der Waals surface area contributed by atoms with E-state index in [2.05, 4.69) is 30.0 Å². The van der Waals surface area contributed by atoms with Gasteiger partial charge in [-0.05, 0) is 75.6 Å². The summed E-state index contributed by atoms with van der Waals surface area (Å²) < 4.78 is 26.4. The molecule has 0 spiro atoms. The highest BCUT2D eigenvalue weighted by Gasteiger charge is 2.26. The van der Waals surface area contributed by atoms with E-state index in [-0.39, 0.29) is 22.2 Å². The van der Waals surface area contributed by atoms with E-state index in [1.54, 1.807) is 61.0 Å². The fourth-order valence-corrected chi connectivity index (χ4v) is 7.73. The molecule has 6 heterocycles. The van der Waals surface area contributed by atoms with Gasteiger partial charge in [0.2, 0.25) is 10.9 Å². The fraction of sp³-hybridized carbons (Fsp3) is 0.333. The molecule has 348 valence electrons. The molecule has 16 nitrogen and oxygen atoms in total. The van der Waals surface area contributed by atoms with Gasteiger partial charge in [-0.2, -0.15) is 10.2 Å². The Hall–Kier alpha value is -6.49. The van der Waals surface area contributed by atoms with Crippen molar-refractivity contribution in [2.75, 3.05) is 27.4 Å². The number of aromatic nitrogens is 8. The molecule has 0 amide bonds. The second-order valence-corrected chi connectivity index (χ2v) is 17.6. The normalized spacial score (nSPS) is 14.2. The average Bonchev–Trinajstić information content (AvgIpc) is 4.28. The summed E-state index contributed by atoms with van der Waals surface area (Å²) in [4.78, 5) is 57.6. The van der Waals surface area contributed by atoms with Crippen LogP contribution in [0.1, 0.15) is 74.1 Å². The quantitative estimate of drug-likeness (QED) is 0.0859. The van der Waals surface area contributed by atoms with Crippen LogP contribution >= 0.6 is 34.8 Å². The molecule has 8 aromatic rings. The first-order valence-corrected chi connectivity index (χ1v) is 22.9. The molecule has 2 aromatic carbocycles. The number of aromatic amines is 1. The van der Waals surface area contributed by atoms with Crippen molar-refractivity contribution < 1.29 is 28.5 Å². The number of benzene rings is 2. The number of hydrogen-bond acceptors (Lipinski definition) is 12. The van der Waals surface area contributed by atoms with E-state index in [0.29, 0.717) is 79.9 Å². The second kappa shape index (κ2) is 20.6. The summed E-state index contributed by atoms with van der Waals surface area (Å²) in [6, 6.07) is 17.8. The van der Waals surface area contributed by atoms with E-state index in [1.165, 1.54) is 39.9 Å². The molecule has 0 aliphatic heterocycles. The number of imidazole rings is 2. The van der Waals surface area contributed by atoms with Crippen LogP contribution in [-0.4, -0.2) is 78.1 Å². The summed E-state index contributed by atoms with van der Waals surface area (Å²) in [7, 11) is 2.58. The molecule has 2 aliphatic carbocycles. The van der Waals surface area contributed by atoms with Crippen molar-refractivity contribution in [3.8, 4) is 11.5 Å². The minimum atomic E-state index is -0.788. The second-order valence-electron chi connectivity index (χ2n) is 16.5. The van der Waals surface area contributed by atoms with Crippen molar-refractivity contribution in [2.45, 2.75) is 63.8 Å². The van der Waals surface area contributed by atoms with Crippen LogP contribution in [0.5, 0.6) is 11.5 Å². The van der Waals surface area contributed by atoms with Gasteiger partial charge in [-0.3, -0.25) is 29.0 Å². The molecule has 1 N–H and O–H groups in total. The maximum Gasteiger partial charge on any atom is 0.314 e. The van der Waals surface area contributed by atoms with Crippen LogP contribution < -0.4 is 20.3 Å². The van der Waals surface area contributed by atoms with Crippen LogP contribution in [0.25, 0.3) is 33.1 Å². The lowest BCUT2D eigenvalue weighted by Gasteiger charge is -2.14. The largest absolute Gasteiger partial charge is 0.490 e. The van der Waals surface area contributed by atoms with Gasteiger partial charge in [-0.1, -0.05) is 47.5 Å². The number of halogens is 3. The van der Waals surface area contributed by atoms with Crippen LogP contribution in [-0.2, 0) is 31.5 Å². The first-order chi connectivity index (χ1) is 32.3. The summed E-state index contributed by atoms with van der Waals surface area (Å²) in [6.45, 7) is 4.94. The Labute approximate surface area is 398 Å². The lowest BCUT2D eigenvalue weighted by atomic mass is 10.1. The number of nitrogens with one attached hydrogen (secondary N) is 1. The van der Waals surface area contributed by atoms with Crippen molar-refractivity contribution in [1.82, 2.24) is 38.7 Å². The van der Waals surface area contributed by atoms with Crippen LogP contribution in [0.2, 0.25) is 10.0 Å². The van der Waals surface area contributed by atoms with Gasteiger partial charge in [-0.25, -0.2) is 9.97 Å². The van der Waals surface area contributed by atoms with Crippen molar-refractivity contribution in [3.63, 3.8) is 0 Å². The molecule has 6 aromatic heterocycles. The maximum atomic E-state index is 13.0. The summed E-state index contributed by atoms with van der Waals surface area (Å²) in [5, 5.41) is 13.4. The average molecular weight is 970 g/mol. The predicted molar refractivity (Wildman–Crippen MR) is 255 cm³/mol. The first kappa shape index (κ1) is 47.0. The lowest BCUT2D eigenvalue weighted by Crippen LogP contribution is -2.25. The molecule has 10 rings (SSSR count). The molecule has 0 radical (unpaired) electrons. The van der Waals surface area contributed by atoms with Crippen molar-refractivity contribution in [3.05, 3.63) is 139 Å². The molecule has 67 heavy (non-hydrogen) atoms. The molecule has 2 atom stereocenters. The van der Waals surface area contributed by atoms with Gasteiger partial charge in [0, 0.05) is 35.3 Å². The first-order valence-electron chi connectivity index (χ1n) is 21.6. The number of pyridine rings is 2. The molecular weight excluding hydrogens is 923 g/mol. The Morgan fingerprint density at radius 3 is 1.79 bits per heavy atom. The number of alkyl halides is 1. The maximum absolute atomic E-state index is 13.0. The number of methoxy groups -OCH3 is 2. The van der Waals surface area contributed by atoms with Crippen molar-refractivity contribution in [1.29, 1.82) is 0 Å². The number of rotatable bonds is 13. The predicted octanol–water partition coefficient (Wildman–Crippen LogP) is 8.53. The molecule has 0 saturated heterocycles. The number of ether oxygens (including phenoxy) is 4. The Morgan fingerprint density at radius 2 is 1.22 bits per heavy atom. The minimum Gasteiger partial charge on any atom is -0.490 e. The molecule has 2 unspecified atom stereocenters. The van der Waals surface area contributed by atoms with E-state index < -0.39 is 23.8 Å². The number of H-pyrrole nitrogens is 1.